The molecule has 0 aliphatic heterocycles. The third-order valence-corrected chi connectivity index (χ3v) is 2.83. The standard InChI is InChI=1S/C13H14FN3O2/c1-3-4-11-12(13(18)19)17(16-15-11)9-6-5-8(2)10(14)7-9/h5-7H,3-4H2,1-2H3,(H,18,19). The highest BCUT2D eigenvalue weighted by Gasteiger charge is 2.20. The molecule has 0 saturated heterocycles. The molecule has 0 amide bonds. The summed E-state index contributed by atoms with van der Waals surface area (Å²) in [5, 5.41) is 16.9. The maximum absolute atomic E-state index is 13.5. The molecule has 0 bridgehead atoms. The van der Waals surface area contributed by atoms with Crippen LogP contribution in [0.5, 0.6) is 0 Å². The van der Waals surface area contributed by atoms with E-state index in [2.05, 4.69) is 10.3 Å². The maximum atomic E-state index is 13.5. The third-order valence-electron chi connectivity index (χ3n) is 2.83. The molecule has 1 aromatic carbocycles. The lowest BCUT2D eigenvalue weighted by Gasteiger charge is -2.05. The fourth-order valence-electron chi connectivity index (χ4n) is 1.83. The van der Waals surface area contributed by atoms with Crippen LogP contribution < -0.4 is 0 Å². The summed E-state index contributed by atoms with van der Waals surface area (Å²) in [6.07, 6.45) is 1.29. The summed E-state index contributed by atoms with van der Waals surface area (Å²) >= 11 is 0. The second-order valence-electron chi connectivity index (χ2n) is 4.29. The van der Waals surface area contributed by atoms with Crippen molar-refractivity contribution in [3.05, 3.63) is 41.0 Å². The Labute approximate surface area is 109 Å². The van der Waals surface area contributed by atoms with Gasteiger partial charge in [-0.25, -0.2) is 13.9 Å². The van der Waals surface area contributed by atoms with E-state index in [4.69, 9.17) is 0 Å². The lowest BCUT2D eigenvalue weighted by Crippen LogP contribution is -2.10. The highest BCUT2D eigenvalue weighted by atomic mass is 19.1. The quantitative estimate of drug-likeness (QED) is 0.919. The molecule has 0 saturated carbocycles. The predicted molar refractivity (Wildman–Crippen MR) is 67.0 cm³/mol. The van der Waals surface area contributed by atoms with E-state index >= 15 is 0 Å². The van der Waals surface area contributed by atoms with Crippen molar-refractivity contribution >= 4 is 5.97 Å². The third kappa shape index (κ3) is 2.47. The van der Waals surface area contributed by atoms with Crippen LogP contribution >= 0.6 is 0 Å². The number of halogens is 1. The number of carboxylic acids is 1. The van der Waals surface area contributed by atoms with Crippen LogP contribution in [0.25, 0.3) is 5.69 Å². The summed E-state index contributed by atoms with van der Waals surface area (Å²) in [5.74, 6) is -1.52. The zero-order valence-corrected chi connectivity index (χ0v) is 10.7. The number of aryl methyl sites for hydroxylation is 2. The Bertz CT molecular complexity index is 622. The Morgan fingerprint density at radius 3 is 2.79 bits per heavy atom. The van der Waals surface area contributed by atoms with Crippen molar-refractivity contribution < 1.29 is 14.3 Å². The predicted octanol–water partition coefficient (Wildman–Crippen LogP) is 2.37. The first kappa shape index (κ1) is 13.2. The van der Waals surface area contributed by atoms with Gasteiger partial charge in [0.15, 0.2) is 5.69 Å². The van der Waals surface area contributed by atoms with E-state index in [1.54, 1.807) is 19.1 Å². The SMILES string of the molecule is CCCc1nnn(-c2ccc(C)c(F)c2)c1C(=O)O. The van der Waals surface area contributed by atoms with E-state index in [-0.39, 0.29) is 5.69 Å². The Morgan fingerprint density at radius 2 is 2.21 bits per heavy atom. The molecular formula is C13H14FN3O2. The Hall–Kier alpha value is -2.24. The van der Waals surface area contributed by atoms with E-state index in [0.29, 0.717) is 23.4 Å². The highest BCUT2D eigenvalue weighted by molar-refractivity contribution is 5.87. The monoisotopic (exact) mass is 263 g/mol. The summed E-state index contributed by atoms with van der Waals surface area (Å²) in [6, 6.07) is 4.46. The molecule has 0 radical (unpaired) electrons. The van der Waals surface area contributed by atoms with Gasteiger partial charge in [0.25, 0.3) is 0 Å². The normalized spacial score (nSPS) is 10.7. The van der Waals surface area contributed by atoms with Crippen LogP contribution in [-0.2, 0) is 6.42 Å². The highest BCUT2D eigenvalue weighted by Crippen LogP contribution is 2.17. The number of carbonyl (C=O) groups is 1. The molecule has 0 spiro atoms. The maximum Gasteiger partial charge on any atom is 0.356 e. The van der Waals surface area contributed by atoms with Crippen molar-refractivity contribution in [1.82, 2.24) is 15.0 Å². The number of benzene rings is 1. The van der Waals surface area contributed by atoms with Crippen molar-refractivity contribution in [2.24, 2.45) is 0 Å². The minimum Gasteiger partial charge on any atom is -0.476 e. The number of carboxylic acid groups (broad SMARTS) is 1. The van der Waals surface area contributed by atoms with Gasteiger partial charge in [-0.2, -0.15) is 0 Å². The van der Waals surface area contributed by atoms with Crippen molar-refractivity contribution in [3.8, 4) is 5.69 Å². The first-order chi connectivity index (χ1) is 9.04. The second-order valence-corrected chi connectivity index (χ2v) is 4.29. The van der Waals surface area contributed by atoms with Crippen molar-refractivity contribution in [3.63, 3.8) is 0 Å². The number of hydrogen-bond acceptors (Lipinski definition) is 3. The summed E-state index contributed by atoms with van der Waals surface area (Å²) in [5.41, 5.74) is 1.26. The van der Waals surface area contributed by atoms with Gasteiger partial charge < -0.3 is 5.11 Å². The van der Waals surface area contributed by atoms with Gasteiger partial charge in [0.05, 0.1) is 11.4 Å². The molecular weight excluding hydrogens is 249 g/mol. The average Bonchev–Trinajstić information content (AvgIpc) is 2.77. The molecule has 2 aromatic rings. The minimum atomic E-state index is -1.12. The molecule has 100 valence electrons. The largest absolute Gasteiger partial charge is 0.476 e. The van der Waals surface area contributed by atoms with Gasteiger partial charge in [-0.3, -0.25) is 0 Å². The molecule has 6 heteroatoms. The van der Waals surface area contributed by atoms with Gasteiger partial charge in [0, 0.05) is 0 Å². The van der Waals surface area contributed by atoms with Crippen molar-refractivity contribution in [1.29, 1.82) is 0 Å². The fraction of sp³-hybridized carbons (Fsp3) is 0.308. The van der Waals surface area contributed by atoms with Gasteiger partial charge in [0.2, 0.25) is 0 Å². The molecule has 0 aliphatic carbocycles. The smallest absolute Gasteiger partial charge is 0.356 e. The van der Waals surface area contributed by atoms with Crippen LogP contribution in [0.3, 0.4) is 0 Å². The number of aromatic nitrogens is 3. The lowest BCUT2D eigenvalue weighted by molar-refractivity contribution is 0.0685. The second kappa shape index (κ2) is 5.17. The molecule has 5 nitrogen and oxygen atoms in total. The minimum absolute atomic E-state index is 0.00916. The number of aromatic carboxylic acids is 1. The first-order valence-electron chi connectivity index (χ1n) is 5.99. The number of rotatable bonds is 4. The molecule has 19 heavy (non-hydrogen) atoms. The molecule has 1 heterocycles. The summed E-state index contributed by atoms with van der Waals surface area (Å²) in [6.45, 7) is 3.57. The molecule has 2 rings (SSSR count). The zero-order chi connectivity index (χ0) is 14.0. The summed E-state index contributed by atoms with van der Waals surface area (Å²) in [7, 11) is 0. The van der Waals surface area contributed by atoms with E-state index in [0.717, 1.165) is 11.1 Å². The Morgan fingerprint density at radius 1 is 1.47 bits per heavy atom. The van der Waals surface area contributed by atoms with Gasteiger partial charge in [0.1, 0.15) is 5.82 Å². The van der Waals surface area contributed by atoms with Gasteiger partial charge >= 0.3 is 5.97 Å². The summed E-state index contributed by atoms with van der Waals surface area (Å²) < 4.78 is 14.7. The van der Waals surface area contributed by atoms with E-state index in [1.807, 2.05) is 6.92 Å². The number of hydrogen-bond donors (Lipinski definition) is 1. The van der Waals surface area contributed by atoms with E-state index in [9.17, 15) is 14.3 Å². The van der Waals surface area contributed by atoms with Crippen LogP contribution in [0.4, 0.5) is 4.39 Å². The zero-order valence-electron chi connectivity index (χ0n) is 10.7. The van der Waals surface area contributed by atoms with Crippen LogP contribution in [0.1, 0.15) is 35.1 Å². The van der Waals surface area contributed by atoms with Crippen LogP contribution in [-0.4, -0.2) is 26.1 Å². The molecule has 1 aromatic heterocycles. The van der Waals surface area contributed by atoms with E-state index < -0.39 is 11.8 Å². The van der Waals surface area contributed by atoms with Crippen LogP contribution in [0, 0.1) is 12.7 Å². The first-order valence-corrected chi connectivity index (χ1v) is 5.99. The van der Waals surface area contributed by atoms with Crippen LogP contribution in [0.2, 0.25) is 0 Å². The lowest BCUT2D eigenvalue weighted by atomic mass is 10.2. The molecule has 1 N–H and O–H groups in total. The molecule has 0 aliphatic rings. The molecule has 0 fully saturated rings. The number of nitrogens with zero attached hydrogens (tertiary/aromatic N) is 3. The van der Waals surface area contributed by atoms with Crippen LogP contribution in [0.15, 0.2) is 18.2 Å². The van der Waals surface area contributed by atoms with E-state index in [1.165, 1.54) is 6.07 Å². The average molecular weight is 263 g/mol. The van der Waals surface area contributed by atoms with Gasteiger partial charge in [-0.05, 0) is 31.0 Å². The Balaban J connectivity index is 2.55. The molecule has 0 atom stereocenters. The fourth-order valence-corrected chi connectivity index (χ4v) is 1.83. The molecule has 0 unspecified atom stereocenters. The Kier molecular flexibility index (Phi) is 3.59. The topological polar surface area (TPSA) is 68.0 Å². The van der Waals surface area contributed by atoms with Gasteiger partial charge in [-0.15, -0.1) is 5.10 Å². The van der Waals surface area contributed by atoms with Gasteiger partial charge in [-0.1, -0.05) is 24.6 Å². The van der Waals surface area contributed by atoms with Crippen molar-refractivity contribution in [2.75, 3.05) is 0 Å². The van der Waals surface area contributed by atoms with Crippen molar-refractivity contribution in [2.45, 2.75) is 26.7 Å². The summed E-state index contributed by atoms with van der Waals surface area (Å²) in [4.78, 5) is 11.3.